The number of ether oxygens (including phenoxy) is 1. The lowest BCUT2D eigenvalue weighted by atomic mass is 10.0. The maximum Gasteiger partial charge on any atom is 0.282 e. The van der Waals surface area contributed by atoms with Crippen molar-refractivity contribution < 1.29 is 14.3 Å². The molecule has 0 unspecified atom stereocenters. The molecule has 0 aromatic heterocycles. The maximum atomic E-state index is 13.7. The molecule has 1 N–H and O–H groups in total. The molecule has 168 valence electrons. The number of hydrogen-bond acceptors (Lipinski definition) is 4. The molecule has 3 aromatic carbocycles. The molecule has 6 heteroatoms. The molecule has 0 saturated heterocycles. The molecule has 5 nitrogen and oxygen atoms in total. The van der Waals surface area contributed by atoms with Crippen LogP contribution in [0.5, 0.6) is 5.75 Å². The van der Waals surface area contributed by atoms with Crippen molar-refractivity contribution in [2.45, 2.75) is 26.7 Å². The number of nitrogens with one attached hydrogen (secondary N) is 1. The van der Waals surface area contributed by atoms with Crippen molar-refractivity contribution in [3.63, 3.8) is 0 Å². The van der Waals surface area contributed by atoms with E-state index in [1.54, 1.807) is 36.4 Å². The van der Waals surface area contributed by atoms with E-state index in [1.165, 1.54) is 12.0 Å². The first kappa shape index (κ1) is 22.6. The topological polar surface area (TPSA) is 58.6 Å². The van der Waals surface area contributed by atoms with Crippen molar-refractivity contribution in [1.82, 2.24) is 0 Å². The molecule has 3 aromatic rings. The average Bonchev–Trinajstić information content (AvgIpc) is 3.06. The first-order chi connectivity index (χ1) is 15.8. The van der Waals surface area contributed by atoms with Crippen LogP contribution in [-0.4, -0.2) is 18.9 Å². The van der Waals surface area contributed by atoms with Crippen molar-refractivity contribution in [1.29, 1.82) is 0 Å². The monoisotopic (exact) mass is 460 g/mol. The van der Waals surface area contributed by atoms with Gasteiger partial charge < -0.3 is 10.1 Å². The van der Waals surface area contributed by atoms with Gasteiger partial charge in [0.1, 0.15) is 11.4 Å². The predicted molar refractivity (Wildman–Crippen MR) is 133 cm³/mol. The third-order valence-corrected chi connectivity index (χ3v) is 6.22. The molecule has 0 radical (unpaired) electrons. The van der Waals surface area contributed by atoms with E-state index in [9.17, 15) is 9.59 Å². The van der Waals surface area contributed by atoms with Gasteiger partial charge in [0.15, 0.2) is 0 Å². The molecule has 4 rings (SSSR count). The van der Waals surface area contributed by atoms with Crippen molar-refractivity contribution >= 4 is 40.4 Å². The Kier molecular flexibility index (Phi) is 6.25. The van der Waals surface area contributed by atoms with E-state index in [-0.39, 0.29) is 11.3 Å². The van der Waals surface area contributed by atoms with E-state index in [0.717, 1.165) is 11.1 Å². The second-order valence-electron chi connectivity index (χ2n) is 8.18. The van der Waals surface area contributed by atoms with E-state index < -0.39 is 11.8 Å². The summed E-state index contributed by atoms with van der Waals surface area (Å²) in [5.41, 5.74) is 4.06. The molecule has 0 aliphatic carbocycles. The number of imide groups is 1. The summed E-state index contributed by atoms with van der Waals surface area (Å²) in [6.07, 6.45) is 0. The Morgan fingerprint density at radius 2 is 1.61 bits per heavy atom. The van der Waals surface area contributed by atoms with Crippen LogP contribution in [0.3, 0.4) is 0 Å². The van der Waals surface area contributed by atoms with Crippen molar-refractivity contribution in [2.75, 3.05) is 17.3 Å². The molecule has 1 heterocycles. The highest BCUT2D eigenvalue weighted by Crippen LogP contribution is 2.38. The SMILES string of the molecule is COc1ccccc1C1=C(Nc2cccc(Cl)c2C)C(=O)N(c2ccc(C(C)C)cc2)C1=O. The number of hydrogen-bond donors (Lipinski definition) is 1. The van der Waals surface area contributed by atoms with Crippen LogP contribution in [0.1, 0.15) is 36.5 Å². The Morgan fingerprint density at radius 1 is 0.909 bits per heavy atom. The van der Waals surface area contributed by atoms with Crippen molar-refractivity contribution in [2.24, 2.45) is 0 Å². The first-order valence-corrected chi connectivity index (χ1v) is 11.1. The van der Waals surface area contributed by atoms with Crippen LogP contribution in [0.4, 0.5) is 11.4 Å². The zero-order valence-corrected chi connectivity index (χ0v) is 19.7. The van der Waals surface area contributed by atoms with Gasteiger partial charge in [0.2, 0.25) is 0 Å². The number of nitrogens with zero attached hydrogens (tertiary/aromatic N) is 1. The molecule has 0 fully saturated rings. The van der Waals surface area contributed by atoms with Crippen LogP contribution in [0.2, 0.25) is 5.02 Å². The third kappa shape index (κ3) is 4.12. The summed E-state index contributed by atoms with van der Waals surface area (Å²) in [4.78, 5) is 28.5. The largest absolute Gasteiger partial charge is 0.496 e. The summed E-state index contributed by atoms with van der Waals surface area (Å²) < 4.78 is 5.50. The van der Waals surface area contributed by atoms with Crippen LogP contribution in [-0.2, 0) is 9.59 Å². The first-order valence-electron chi connectivity index (χ1n) is 10.7. The molecular formula is C27H25ClN2O3. The van der Waals surface area contributed by atoms with Crippen molar-refractivity contribution in [3.8, 4) is 5.75 Å². The minimum Gasteiger partial charge on any atom is -0.496 e. The lowest BCUT2D eigenvalue weighted by Gasteiger charge is -2.17. The van der Waals surface area contributed by atoms with Gasteiger partial charge in [-0.15, -0.1) is 0 Å². The van der Waals surface area contributed by atoms with E-state index in [4.69, 9.17) is 16.3 Å². The Labute approximate surface area is 198 Å². The summed E-state index contributed by atoms with van der Waals surface area (Å²) in [6, 6.07) is 20.1. The second-order valence-corrected chi connectivity index (χ2v) is 8.59. The molecular weight excluding hydrogens is 436 g/mol. The number of methoxy groups -OCH3 is 1. The van der Waals surface area contributed by atoms with Gasteiger partial charge in [0.05, 0.1) is 18.4 Å². The van der Waals surface area contributed by atoms with E-state index >= 15 is 0 Å². The molecule has 2 amide bonds. The van der Waals surface area contributed by atoms with Gasteiger partial charge in [0.25, 0.3) is 11.8 Å². The maximum absolute atomic E-state index is 13.7. The minimum atomic E-state index is -0.433. The fraction of sp³-hybridized carbons (Fsp3) is 0.185. The number of para-hydroxylation sites is 1. The number of anilines is 2. The highest BCUT2D eigenvalue weighted by molar-refractivity contribution is 6.46. The number of halogens is 1. The molecule has 1 aliphatic rings. The molecule has 0 atom stereocenters. The zero-order chi connectivity index (χ0) is 23.7. The highest BCUT2D eigenvalue weighted by Gasteiger charge is 2.41. The fourth-order valence-corrected chi connectivity index (χ4v) is 4.04. The van der Waals surface area contributed by atoms with Crippen LogP contribution < -0.4 is 15.0 Å². The van der Waals surface area contributed by atoms with Gasteiger partial charge in [-0.3, -0.25) is 9.59 Å². The van der Waals surface area contributed by atoms with Crippen LogP contribution in [0, 0.1) is 6.92 Å². The van der Waals surface area contributed by atoms with Gasteiger partial charge in [-0.25, -0.2) is 4.90 Å². The Morgan fingerprint density at radius 3 is 2.27 bits per heavy atom. The highest BCUT2D eigenvalue weighted by atomic mass is 35.5. The standard InChI is InChI=1S/C27H25ClN2O3/c1-16(2)18-12-14-19(15-13-18)30-26(31)24(20-8-5-6-11-23(20)33-4)25(27(30)32)29-22-10-7-9-21(28)17(22)3/h5-16,29H,1-4H3. The van der Waals surface area contributed by atoms with E-state index in [0.29, 0.717) is 33.6 Å². The molecule has 1 aliphatic heterocycles. The number of amides is 2. The van der Waals surface area contributed by atoms with Gasteiger partial charge in [-0.1, -0.05) is 61.8 Å². The predicted octanol–water partition coefficient (Wildman–Crippen LogP) is 6.18. The van der Waals surface area contributed by atoms with Gasteiger partial charge in [0, 0.05) is 16.3 Å². The quantitative estimate of drug-likeness (QED) is 0.446. The Bertz CT molecular complexity index is 1260. The third-order valence-electron chi connectivity index (χ3n) is 5.81. The lowest BCUT2D eigenvalue weighted by Crippen LogP contribution is -2.32. The van der Waals surface area contributed by atoms with Crippen LogP contribution >= 0.6 is 11.6 Å². The molecule has 0 saturated carbocycles. The van der Waals surface area contributed by atoms with Crippen LogP contribution in [0.15, 0.2) is 72.4 Å². The summed E-state index contributed by atoms with van der Waals surface area (Å²) in [5.74, 6) is 0.00339. The van der Waals surface area contributed by atoms with Gasteiger partial charge in [-0.2, -0.15) is 0 Å². The minimum absolute atomic E-state index is 0.183. The summed E-state index contributed by atoms with van der Waals surface area (Å²) in [6.45, 7) is 6.05. The summed E-state index contributed by atoms with van der Waals surface area (Å²) >= 11 is 6.29. The Hall–Kier alpha value is -3.57. The molecule has 0 spiro atoms. The zero-order valence-electron chi connectivity index (χ0n) is 19.0. The average molecular weight is 461 g/mol. The van der Waals surface area contributed by atoms with Crippen LogP contribution in [0.25, 0.3) is 5.57 Å². The number of rotatable bonds is 6. The van der Waals surface area contributed by atoms with Gasteiger partial charge >= 0.3 is 0 Å². The summed E-state index contributed by atoms with van der Waals surface area (Å²) in [5, 5.41) is 3.75. The lowest BCUT2D eigenvalue weighted by molar-refractivity contribution is -0.120. The molecule has 33 heavy (non-hydrogen) atoms. The smallest absolute Gasteiger partial charge is 0.282 e. The number of carbonyl (C=O) groups is 2. The van der Waals surface area contributed by atoms with Crippen molar-refractivity contribution in [3.05, 3.63) is 94.1 Å². The summed E-state index contributed by atoms with van der Waals surface area (Å²) in [7, 11) is 1.54. The molecule has 0 bridgehead atoms. The van der Waals surface area contributed by atoms with E-state index in [2.05, 4.69) is 19.2 Å². The van der Waals surface area contributed by atoms with E-state index in [1.807, 2.05) is 37.3 Å². The normalized spacial score (nSPS) is 13.8. The fourth-order valence-electron chi connectivity index (χ4n) is 3.87. The van der Waals surface area contributed by atoms with Gasteiger partial charge in [-0.05, 0) is 54.3 Å². The number of carbonyl (C=O) groups excluding carboxylic acids is 2. The number of benzene rings is 3. The Balaban J connectivity index is 1.85. The second kappa shape index (κ2) is 9.12.